The molecule has 5 atom stereocenters. The van der Waals surface area contributed by atoms with Crippen molar-refractivity contribution in [2.24, 2.45) is 23.7 Å². The van der Waals surface area contributed by atoms with Gasteiger partial charge in [0.1, 0.15) is 6.29 Å². The molecule has 1 aliphatic rings. The van der Waals surface area contributed by atoms with E-state index in [0.717, 1.165) is 36.9 Å². The quantitative estimate of drug-likeness (QED) is 0.0456. The summed E-state index contributed by atoms with van der Waals surface area (Å²) in [6.45, 7) is 7.29. The summed E-state index contributed by atoms with van der Waals surface area (Å²) >= 11 is 0. The van der Waals surface area contributed by atoms with Crippen molar-refractivity contribution in [3.05, 3.63) is 0 Å². The van der Waals surface area contributed by atoms with Crippen LogP contribution in [0.1, 0.15) is 290 Å². The second-order valence-electron chi connectivity index (χ2n) is 18.9. The van der Waals surface area contributed by atoms with Gasteiger partial charge in [-0.15, -0.1) is 0 Å². The highest BCUT2D eigenvalue weighted by Crippen LogP contribution is 2.48. The van der Waals surface area contributed by atoms with Crippen LogP contribution in [0.2, 0.25) is 0 Å². The maximum atomic E-state index is 10.4. The number of unbranched alkanes of at least 4 members (excludes halogenated alkanes) is 34. The fourth-order valence-corrected chi connectivity index (χ4v) is 9.62. The van der Waals surface area contributed by atoms with Crippen LogP contribution in [0.4, 0.5) is 0 Å². The summed E-state index contributed by atoms with van der Waals surface area (Å²) in [5.41, 5.74) is 0. The molecule has 1 aliphatic carbocycles. The third-order valence-corrected chi connectivity index (χ3v) is 13.7. The average molecular weight is 759 g/mol. The van der Waals surface area contributed by atoms with Gasteiger partial charge in [0, 0.05) is 13.5 Å². The lowest BCUT2D eigenvalue weighted by molar-refractivity contribution is -0.107. The van der Waals surface area contributed by atoms with Crippen molar-refractivity contribution in [2.45, 2.75) is 297 Å². The van der Waals surface area contributed by atoms with Crippen LogP contribution in [0.15, 0.2) is 0 Å². The van der Waals surface area contributed by atoms with Gasteiger partial charge < -0.3 is 9.53 Å². The number of carbonyl (C=O) groups excluding carboxylic acids is 1. The molecule has 0 saturated heterocycles. The smallest absolute Gasteiger partial charge is 0.119 e. The fourth-order valence-electron chi connectivity index (χ4n) is 9.62. The topological polar surface area (TPSA) is 26.3 Å². The van der Waals surface area contributed by atoms with Gasteiger partial charge in [0.2, 0.25) is 0 Å². The van der Waals surface area contributed by atoms with Crippen LogP contribution in [0.25, 0.3) is 0 Å². The molecular weight excluding hydrogens is 657 g/mol. The monoisotopic (exact) mass is 759 g/mol. The second-order valence-corrected chi connectivity index (χ2v) is 18.9. The predicted molar refractivity (Wildman–Crippen MR) is 242 cm³/mol. The zero-order chi connectivity index (χ0) is 39.0. The van der Waals surface area contributed by atoms with Crippen LogP contribution < -0.4 is 0 Å². The van der Waals surface area contributed by atoms with E-state index in [-0.39, 0.29) is 0 Å². The number of hydrogen-bond acceptors (Lipinski definition) is 2. The van der Waals surface area contributed by atoms with Gasteiger partial charge in [0.05, 0.1) is 6.10 Å². The van der Waals surface area contributed by atoms with E-state index in [1.807, 2.05) is 7.11 Å². The van der Waals surface area contributed by atoms with Gasteiger partial charge in [-0.2, -0.15) is 0 Å². The van der Waals surface area contributed by atoms with E-state index in [9.17, 15) is 4.79 Å². The van der Waals surface area contributed by atoms with E-state index in [0.29, 0.717) is 12.0 Å². The molecule has 1 saturated carbocycles. The van der Waals surface area contributed by atoms with Crippen LogP contribution in [-0.4, -0.2) is 19.5 Å². The second kappa shape index (κ2) is 40.8. The molecule has 1 fully saturated rings. The average Bonchev–Trinajstić information content (AvgIpc) is 3.96. The van der Waals surface area contributed by atoms with Crippen molar-refractivity contribution < 1.29 is 9.53 Å². The first-order valence-electron chi connectivity index (χ1n) is 25.6. The Kier molecular flexibility index (Phi) is 39.0. The highest BCUT2D eigenvalue weighted by atomic mass is 16.5. The molecule has 0 N–H and O–H groups in total. The zero-order valence-electron chi connectivity index (χ0n) is 38.0. The van der Waals surface area contributed by atoms with Crippen molar-refractivity contribution in [1.29, 1.82) is 0 Å². The lowest BCUT2D eigenvalue weighted by Gasteiger charge is -2.22. The Bertz CT molecular complexity index is 734. The van der Waals surface area contributed by atoms with Crippen LogP contribution in [0, 0.1) is 23.7 Å². The highest BCUT2D eigenvalue weighted by molar-refractivity contribution is 5.48. The lowest BCUT2D eigenvalue weighted by Crippen LogP contribution is -2.20. The van der Waals surface area contributed by atoms with Crippen LogP contribution in [-0.2, 0) is 9.53 Å². The Morgan fingerprint density at radius 1 is 0.463 bits per heavy atom. The summed E-state index contributed by atoms with van der Waals surface area (Å²) in [4.78, 5) is 10.4. The SMILES string of the molecule is CCCCCCCCCCCCCCCCCC[C@H](C)[C@H](CCCCCCCCCCCCCCCC[C@H](C)[C@H]1C[C@H]1CCCCCCCCC=O)OC. The molecule has 0 aromatic rings. The molecule has 1 rings (SSSR count). The minimum atomic E-state index is 0.475. The van der Waals surface area contributed by atoms with Gasteiger partial charge in [0.15, 0.2) is 0 Å². The molecule has 2 nitrogen and oxygen atoms in total. The summed E-state index contributed by atoms with van der Waals surface area (Å²) in [6, 6.07) is 0. The van der Waals surface area contributed by atoms with E-state index in [1.54, 1.807) is 0 Å². The molecule has 0 heterocycles. The molecule has 2 heteroatoms. The minimum absolute atomic E-state index is 0.475. The summed E-state index contributed by atoms with van der Waals surface area (Å²) in [5.74, 6) is 3.79. The van der Waals surface area contributed by atoms with Crippen molar-refractivity contribution in [2.75, 3.05) is 7.11 Å². The Balaban J connectivity index is 1.78. The Hall–Kier alpha value is -0.370. The number of rotatable bonds is 46. The largest absolute Gasteiger partial charge is 0.381 e. The predicted octanol–water partition coefficient (Wildman–Crippen LogP) is 18.1. The lowest BCUT2D eigenvalue weighted by atomic mass is 9.93. The minimum Gasteiger partial charge on any atom is -0.381 e. The van der Waals surface area contributed by atoms with E-state index >= 15 is 0 Å². The molecule has 0 aromatic carbocycles. The van der Waals surface area contributed by atoms with Gasteiger partial charge in [-0.3, -0.25) is 0 Å². The summed E-state index contributed by atoms with van der Waals surface area (Å²) in [7, 11) is 1.95. The van der Waals surface area contributed by atoms with Crippen molar-refractivity contribution >= 4 is 6.29 Å². The summed E-state index contributed by atoms with van der Waals surface area (Å²) < 4.78 is 5.95. The van der Waals surface area contributed by atoms with Crippen LogP contribution >= 0.6 is 0 Å². The van der Waals surface area contributed by atoms with E-state index in [1.165, 1.54) is 257 Å². The Morgan fingerprint density at radius 3 is 1.22 bits per heavy atom. The summed E-state index contributed by atoms with van der Waals surface area (Å²) in [6.07, 6.45) is 60.8. The number of aldehydes is 1. The molecule has 0 amide bonds. The molecular formula is C52H102O2. The van der Waals surface area contributed by atoms with Gasteiger partial charge in [-0.05, 0) is 49.4 Å². The van der Waals surface area contributed by atoms with Crippen molar-refractivity contribution in [3.8, 4) is 0 Å². The normalized spacial score (nSPS) is 17.2. The molecule has 0 radical (unpaired) electrons. The third-order valence-electron chi connectivity index (χ3n) is 13.7. The first-order chi connectivity index (χ1) is 26.6. The third kappa shape index (κ3) is 33.7. The molecule has 0 aliphatic heterocycles. The van der Waals surface area contributed by atoms with Gasteiger partial charge >= 0.3 is 0 Å². The molecule has 0 bridgehead atoms. The number of hydrogen-bond donors (Lipinski definition) is 0. The number of carbonyl (C=O) groups is 1. The van der Waals surface area contributed by atoms with E-state index < -0.39 is 0 Å². The van der Waals surface area contributed by atoms with E-state index in [2.05, 4.69) is 20.8 Å². The Labute approximate surface area is 342 Å². The zero-order valence-corrected chi connectivity index (χ0v) is 38.0. The first-order valence-corrected chi connectivity index (χ1v) is 25.6. The van der Waals surface area contributed by atoms with Crippen LogP contribution in [0.3, 0.4) is 0 Å². The standard InChI is InChI=1S/C52H102O2/c1-5-6-7-8-9-10-11-12-13-14-18-21-24-28-33-38-43-49(3)52(54-4)45-40-35-30-25-22-19-16-15-17-20-23-27-32-37-42-48(2)51-47-50(51)44-39-34-29-26-31-36-41-46-53/h46,48-52H,5-45,47H2,1-4H3/t48-,49-,50+,51+,52-/m0/s1. The van der Waals surface area contributed by atoms with Gasteiger partial charge in [-0.25, -0.2) is 0 Å². The fraction of sp³-hybridized carbons (Fsp3) is 0.981. The maximum Gasteiger partial charge on any atom is 0.119 e. The Morgan fingerprint density at radius 2 is 0.815 bits per heavy atom. The molecule has 54 heavy (non-hydrogen) atoms. The summed E-state index contributed by atoms with van der Waals surface area (Å²) in [5, 5.41) is 0. The maximum absolute atomic E-state index is 10.4. The van der Waals surface area contributed by atoms with Crippen molar-refractivity contribution in [1.82, 2.24) is 0 Å². The van der Waals surface area contributed by atoms with Crippen LogP contribution in [0.5, 0.6) is 0 Å². The van der Waals surface area contributed by atoms with E-state index in [4.69, 9.17) is 4.74 Å². The molecule has 322 valence electrons. The molecule has 0 unspecified atom stereocenters. The number of methoxy groups -OCH3 is 1. The molecule has 0 aromatic heterocycles. The molecule has 0 spiro atoms. The van der Waals surface area contributed by atoms with Gasteiger partial charge in [0.25, 0.3) is 0 Å². The first kappa shape index (κ1) is 51.6. The number of ether oxygens (including phenoxy) is 1. The highest BCUT2D eigenvalue weighted by Gasteiger charge is 2.39. The van der Waals surface area contributed by atoms with Crippen molar-refractivity contribution in [3.63, 3.8) is 0 Å². The van der Waals surface area contributed by atoms with Gasteiger partial charge in [-0.1, -0.05) is 258 Å².